The van der Waals surface area contributed by atoms with Crippen LogP contribution in [0, 0.1) is 0 Å². The maximum absolute atomic E-state index is 12.7. The molecule has 0 aromatic carbocycles. The summed E-state index contributed by atoms with van der Waals surface area (Å²) in [4.78, 5) is 0.291. The number of nitrogens with zero attached hydrogens (tertiary/aromatic N) is 3. The molecule has 8 heteroatoms. The van der Waals surface area contributed by atoms with Crippen molar-refractivity contribution in [2.45, 2.75) is 36.6 Å². The summed E-state index contributed by atoms with van der Waals surface area (Å²) >= 11 is 1.82. The zero-order chi connectivity index (χ0) is 14.8. The van der Waals surface area contributed by atoms with E-state index in [-0.39, 0.29) is 6.04 Å². The summed E-state index contributed by atoms with van der Waals surface area (Å²) in [5.41, 5.74) is 0. The Hall–Kier alpha value is -0.570. The quantitative estimate of drug-likeness (QED) is 0.862. The number of likely N-dealkylation sites (N-methyl/N-ethyl adjacent to an activating group) is 1. The minimum absolute atomic E-state index is 0.0133. The standard InChI is InChI=1S/C12H22N4O2S2/c1-10-11(2)19-7-6-16(10)20(17,18)12-8-14-15(9-12)5-4-13-3/h8-11,13H,4-7H2,1-3H3. The van der Waals surface area contributed by atoms with Crippen LogP contribution in [0.5, 0.6) is 0 Å². The SMILES string of the molecule is CNCCn1cc(S(=O)(=O)N2CCSC(C)C2C)cn1. The third-order valence-electron chi connectivity index (χ3n) is 3.63. The lowest BCUT2D eigenvalue weighted by Gasteiger charge is -2.36. The lowest BCUT2D eigenvalue weighted by Crippen LogP contribution is -2.47. The lowest BCUT2D eigenvalue weighted by atomic mass is 10.2. The van der Waals surface area contributed by atoms with E-state index in [0.717, 1.165) is 12.3 Å². The third-order valence-corrected chi connectivity index (χ3v) is 6.91. The van der Waals surface area contributed by atoms with Gasteiger partial charge in [-0.2, -0.15) is 21.2 Å². The molecule has 1 aromatic heterocycles. The Morgan fingerprint density at radius 3 is 2.95 bits per heavy atom. The highest BCUT2D eigenvalue weighted by Crippen LogP contribution is 2.29. The van der Waals surface area contributed by atoms with Crippen molar-refractivity contribution < 1.29 is 8.42 Å². The number of aromatic nitrogens is 2. The molecule has 2 heterocycles. The molecule has 1 aromatic rings. The molecule has 1 N–H and O–H groups in total. The Kier molecular flexibility index (Phi) is 5.11. The first-order chi connectivity index (χ1) is 9.46. The third kappa shape index (κ3) is 3.19. The van der Waals surface area contributed by atoms with Crippen molar-refractivity contribution in [3.8, 4) is 0 Å². The van der Waals surface area contributed by atoms with Crippen LogP contribution < -0.4 is 5.32 Å². The number of hydrogen-bond donors (Lipinski definition) is 1. The van der Waals surface area contributed by atoms with Gasteiger partial charge in [0.15, 0.2) is 0 Å². The van der Waals surface area contributed by atoms with Crippen molar-refractivity contribution in [1.82, 2.24) is 19.4 Å². The second-order valence-electron chi connectivity index (χ2n) is 4.97. The summed E-state index contributed by atoms with van der Waals surface area (Å²) in [6.45, 7) is 6.04. The van der Waals surface area contributed by atoms with Crippen LogP contribution in [0.15, 0.2) is 17.3 Å². The van der Waals surface area contributed by atoms with E-state index in [2.05, 4.69) is 17.3 Å². The molecule has 0 amide bonds. The van der Waals surface area contributed by atoms with Gasteiger partial charge in [0.25, 0.3) is 0 Å². The van der Waals surface area contributed by atoms with Crippen molar-refractivity contribution in [2.24, 2.45) is 0 Å². The van der Waals surface area contributed by atoms with Gasteiger partial charge in [-0.1, -0.05) is 6.92 Å². The molecule has 1 fully saturated rings. The number of hydrogen-bond acceptors (Lipinski definition) is 5. The molecular weight excluding hydrogens is 296 g/mol. The van der Waals surface area contributed by atoms with Gasteiger partial charge in [-0.15, -0.1) is 0 Å². The average molecular weight is 318 g/mol. The highest BCUT2D eigenvalue weighted by molar-refractivity contribution is 8.00. The normalized spacial score (nSPS) is 24.9. The molecule has 0 radical (unpaired) electrons. The fourth-order valence-corrected chi connectivity index (χ4v) is 5.16. The summed E-state index contributed by atoms with van der Waals surface area (Å²) < 4.78 is 28.6. The smallest absolute Gasteiger partial charge is 0.246 e. The Bertz CT molecular complexity index is 543. The molecule has 1 aliphatic heterocycles. The predicted octanol–water partition coefficient (Wildman–Crippen LogP) is 0.617. The fraction of sp³-hybridized carbons (Fsp3) is 0.750. The van der Waals surface area contributed by atoms with E-state index in [1.807, 2.05) is 25.7 Å². The van der Waals surface area contributed by atoms with Crippen LogP contribution in [0.25, 0.3) is 0 Å². The Morgan fingerprint density at radius 2 is 2.25 bits per heavy atom. The van der Waals surface area contributed by atoms with Gasteiger partial charge in [0, 0.05) is 36.3 Å². The number of rotatable bonds is 5. The van der Waals surface area contributed by atoms with Gasteiger partial charge < -0.3 is 5.32 Å². The summed E-state index contributed by atoms with van der Waals surface area (Å²) in [5, 5.41) is 7.46. The minimum Gasteiger partial charge on any atom is -0.318 e. The molecule has 0 spiro atoms. The number of nitrogens with one attached hydrogen (secondary N) is 1. The van der Waals surface area contributed by atoms with E-state index in [1.54, 1.807) is 15.2 Å². The zero-order valence-corrected chi connectivity index (χ0v) is 13.7. The first-order valence-corrected chi connectivity index (χ1v) is 9.26. The summed E-state index contributed by atoms with van der Waals surface area (Å²) in [6, 6.07) is 0.0133. The van der Waals surface area contributed by atoms with Gasteiger partial charge in [0.05, 0.1) is 12.7 Å². The molecule has 1 saturated heterocycles. The molecule has 2 unspecified atom stereocenters. The highest BCUT2D eigenvalue weighted by Gasteiger charge is 2.35. The van der Waals surface area contributed by atoms with Crippen LogP contribution in [0.4, 0.5) is 0 Å². The van der Waals surface area contributed by atoms with Gasteiger partial charge in [-0.05, 0) is 14.0 Å². The maximum Gasteiger partial charge on any atom is 0.246 e. The van der Waals surface area contributed by atoms with Crippen molar-refractivity contribution in [3.05, 3.63) is 12.4 Å². The first kappa shape index (κ1) is 15.8. The second kappa shape index (κ2) is 6.46. The molecule has 2 rings (SSSR count). The van der Waals surface area contributed by atoms with Gasteiger partial charge in [0.2, 0.25) is 10.0 Å². The summed E-state index contributed by atoms with van der Waals surface area (Å²) in [6.07, 6.45) is 3.07. The second-order valence-corrected chi connectivity index (χ2v) is 8.35. The lowest BCUT2D eigenvalue weighted by molar-refractivity contribution is 0.340. The molecule has 2 atom stereocenters. The average Bonchev–Trinajstić information content (AvgIpc) is 2.89. The zero-order valence-electron chi connectivity index (χ0n) is 12.1. The topological polar surface area (TPSA) is 67.2 Å². The fourth-order valence-electron chi connectivity index (χ4n) is 2.21. The van der Waals surface area contributed by atoms with Gasteiger partial charge in [-0.25, -0.2) is 8.42 Å². The van der Waals surface area contributed by atoms with Crippen LogP contribution in [0.2, 0.25) is 0 Å². The van der Waals surface area contributed by atoms with E-state index in [1.165, 1.54) is 6.20 Å². The van der Waals surface area contributed by atoms with Crippen molar-refractivity contribution >= 4 is 21.8 Å². The predicted molar refractivity (Wildman–Crippen MR) is 81.4 cm³/mol. The number of thioether (sulfide) groups is 1. The Labute approximate surface area is 125 Å². The molecule has 1 aliphatic rings. The summed E-state index contributed by atoms with van der Waals surface area (Å²) in [7, 11) is -1.58. The molecule has 114 valence electrons. The molecule has 0 aliphatic carbocycles. The van der Waals surface area contributed by atoms with Gasteiger partial charge >= 0.3 is 0 Å². The molecule has 20 heavy (non-hydrogen) atoms. The molecule has 0 bridgehead atoms. The van der Waals surface area contributed by atoms with E-state index >= 15 is 0 Å². The molecular formula is C12H22N4O2S2. The van der Waals surface area contributed by atoms with E-state index in [0.29, 0.717) is 23.2 Å². The molecule has 0 saturated carbocycles. The number of sulfonamides is 1. The molecule has 6 nitrogen and oxygen atoms in total. The largest absolute Gasteiger partial charge is 0.318 e. The van der Waals surface area contributed by atoms with E-state index < -0.39 is 10.0 Å². The Balaban J connectivity index is 2.19. The van der Waals surface area contributed by atoms with Crippen molar-refractivity contribution in [3.63, 3.8) is 0 Å². The van der Waals surface area contributed by atoms with E-state index in [4.69, 9.17) is 0 Å². The van der Waals surface area contributed by atoms with Crippen molar-refractivity contribution in [1.29, 1.82) is 0 Å². The minimum atomic E-state index is -3.43. The van der Waals surface area contributed by atoms with E-state index in [9.17, 15) is 8.42 Å². The van der Waals surface area contributed by atoms with Gasteiger partial charge in [0.1, 0.15) is 4.90 Å². The summed E-state index contributed by atoms with van der Waals surface area (Å²) in [5.74, 6) is 0.846. The van der Waals surface area contributed by atoms with Crippen molar-refractivity contribution in [2.75, 3.05) is 25.9 Å². The monoisotopic (exact) mass is 318 g/mol. The highest BCUT2D eigenvalue weighted by atomic mass is 32.2. The van der Waals surface area contributed by atoms with Crippen LogP contribution in [0.1, 0.15) is 13.8 Å². The van der Waals surface area contributed by atoms with Crippen LogP contribution in [0.3, 0.4) is 0 Å². The van der Waals surface area contributed by atoms with Crippen LogP contribution in [-0.2, 0) is 16.6 Å². The first-order valence-electron chi connectivity index (χ1n) is 6.77. The van der Waals surface area contributed by atoms with Crippen LogP contribution in [-0.4, -0.2) is 59.7 Å². The Morgan fingerprint density at radius 1 is 1.50 bits per heavy atom. The van der Waals surface area contributed by atoms with Crippen LogP contribution >= 0.6 is 11.8 Å². The van der Waals surface area contributed by atoms with Gasteiger partial charge in [-0.3, -0.25) is 4.68 Å². The maximum atomic E-state index is 12.7.